The normalized spacial score (nSPS) is 16.5. The van der Waals surface area contributed by atoms with Crippen LogP contribution in [0.4, 0.5) is 11.5 Å². The average molecular weight is 448 g/mol. The minimum atomic E-state index is 0.0752. The van der Waals surface area contributed by atoms with Gasteiger partial charge in [-0.15, -0.1) is 0 Å². The van der Waals surface area contributed by atoms with Crippen LogP contribution >= 0.6 is 11.6 Å². The van der Waals surface area contributed by atoms with Crippen molar-refractivity contribution in [2.75, 3.05) is 49.1 Å². The predicted octanol–water partition coefficient (Wildman–Crippen LogP) is 4.36. The zero-order chi connectivity index (χ0) is 21.9. The molecule has 1 aromatic heterocycles. The molecule has 0 N–H and O–H groups in total. The molecule has 164 valence electrons. The quantitative estimate of drug-likeness (QED) is 0.594. The summed E-state index contributed by atoms with van der Waals surface area (Å²) in [5.74, 6) is 1.01. The van der Waals surface area contributed by atoms with Gasteiger partial charge in [-0.05, 0) is 49.2 Å². The van der Waals surface area contributed by atoms with Gasteiger partial charge < -0.3 is 14.7 Å². The number of hydrogen-bond acceptors (Lipinski definition) is 5. The Morgan fingerprint density at radius 1 is 0.750 bits per heavy atom. The summed E-state index contributed by atoms with van der Waals surface area (Å²) in [6, 6.07) is 15.7. The van der Waals surface area contributed by atoms with Crippen molar-refractivity contribution in [3.05, 3.63) is 71.5 Å². The smallest absolute Gasteiger partial charge is 0.253 e. The molecule has 3 aromatic rings. The summed E-state index contributed by atoms with van der Waals surface area (Å²) in [5.41, 5.74) is 3.72. The van der Waals surface area contributed by atoms with Gasteiger partial charge in [0.2, 0.25) is 0 Å². The van der Waals surface area contributed by atoms with Crippen LogP contribution in [0.5, 0.6) is 0 Å². The Kier molecular flexibility index (Phi) is 5.95. The molecule has 1 amide bonds. The highest BCUT2D eigenvalue weighted by Gasteiger charge is 2.23. The fraction of sp³-hybridized carbons (Fsp3) is 0.320. The van der Waals surface area contributed by atoms with Crippen molar-refractivity contribution in [3.63, 3.8) is 0 Å². The molecule has 5 rings (SSSR count). The standard InChI is InChI=1S/C25H26ClN5O/c26-21-7-9-22(10-8-21)29-15-17-31(18-16-29)25(32)20-5-3-19(4-6-20)23-24(28-12-11-27-23)30-13-1-2-14-30/h3-12H,1-2,13-18H2. The summed E-state index contributed by atoms with van der Waals surface area (Å²) in [7, 11) is 0. The molecule has 6 nitrogen and oxygen atoms in total. The minimum absolute atomic E-state index is 0.0752. The fourth-order valence-corrected chi connectivity index (χ4v) is 4.59. The second-order valence-corrected chi connectivity index (χ2v) is 8.69. The van der Waals surface area contributed by atoms with Gasteiger partial charge in [0.05, 0.1) is 0 Å². The van der Waals surface area contributed by atoms with Crippen LogP contribution in [0.15, 0.2) is 60.9 Å². The summed E-state index contributed by atoms with van der Waals surface area (Å²) in [4.78, 5) is 28.7. The van der Waals surface area contributed by atoms with Gasteiger partial charge in [0, 0.05) is 73.5 Å². The van der Waals surface area contributed by atoms with Gasteiger partial charge in [0.25, 0.3) is 5.91 Å². The Hall–Kier alpha value is -3.12. The molecule has 3 heterocycles. The second-order valence-electron chi connectivity index (χ2n) is 8.26. The molecule has 0 bridgehead atoms. The number of benzene rings is 2. The van der Waals surface area contributed by atoms with Gasteiger partial charge in [-0.2, -0.15) is 0 Å². The molecule has 0 atom stereocenters. The van der Waals surface area contributed by atoms with E-state index >= 15 is 0 Å². The average Bonchev–Trinajstić information content (AvgIpc) is 3.39. The summed E-state index contributed by atoms with van der Waals surface area (Å²) in [5, 5.41) is 0.736. The van der Waals surface area contributed by atoms with Gasteiger partial charge in [-0.25, -0.2) is 4.98 Å². The Labute approximate surface area is 193 Å². The first-order valence-corrected chi connectivity index (χ1v) is 11.5. The highest BCUT2D eigenvalue weighted by molar-refractivity contribution is 6.30. The number of halogens is 1. The monoisotopic (exact) mass is 447 g/mol. The number of anilines is 2. The molecule has 32 heavy (non-hydrogen) atoms. The molecule has 0 unspecified atom stereocenters. The Morgan fingerprint density at radius 3 is 2.09 bits per heavy atom. The first-order valence-electron chi connectivity index (χ1n) is 11.2. The molecular formula is C25H26ClN5O. The molecule has 2 saturated heterocycles. The lowest BCUT2D eigenvalue weighted by Gasteiger charge is -2.36. The van der Waals surface area contributed by atoms with Gasteiger partial charge in [0.1, 0.15) is 5.69 Å². The fourth-order valence-electron chi connectivity index (χ4n) is 4.47. The van der Waals surface area contributed by atoms with E-state index in [2.05, 4.69) is 19.8 Å². The Morgan fingerprint density at radius 2 is 1.41 bits per heavy atom. The number of aromatic nitrogens is 2. The number of hydrogen-bond donors (Lipinski definition) is 0. The third-order valence-corrected chi connectivity index (χ3v) is 6.50. The van der Waals surface area contributed by atoms with E-state index < -0.39 is 0 Å². The lowest BCUT2D eigenvalue weighted by Crippen LogP contribution is -2.48. The predicted molar refractivity (Wildman–Crippen MR) is 128 cm³/mol. The van der Waals surface area contributed by atoms with E-state index in [1.807, 2.05) is 53.4 Å². The molecule has 2 aromatic carbocycles. The van der Waals surface area contributed by atoms with Crippen LogP contribution in [0.1, 0.15) is 23.2 Å². The maximum absolute atomic E-state index is 13.1. The van der Waals surface area contributed by atoms with Gasteiger partial charge in [-0.1, -0.05) is 23.7 Å². The molecule has 0 aliphatic carbocycles. The van der Waals surface area contributed by atoms with Crippen molar-refractivity contribution < 1.29 is 4.79 Å². The number of carbonyl (C=O) groups excluding carboxylic acids is 1. The highest BCUT2D eigenvalue weighted by Crippen LogP contribution is 2.29. The van der Waals surface area contributed by atoms with Gasteiger partial charge in [-0.3, -0.25) is 9.78 Å². The topological polar surface area (TPSA) is 52.6 Å². The van der Waals surface area contributed by atoms with Crippen molar-refractivity contribution in [2.24, 2.45) is 0 Å². The number of piperazine rings is 1. The number of rotatable bonds is 4. The van der Waals surface area contributed by atoms with Crippen molar-refractivity contribution in [2.45, 2.75) is 12.8 Å². The molecule has 0 spiro atoms. The SMILES string of the molecule is O=C(c1ccc(-c2nccnc2N2CCCC2)cc1)N1CCN(c2ccc(Cl)cc2)CC1. The van der Waals surface area contributed by atoms with Crippen molar-refractivity contribution in [1.29, 1.82) is 0 Å². The summed E-state index contributed by atoms with van der Waals surface area (Å²) < 4.78 is 0. The maximum atomic E-state index is 13.1. The lowest BCUT2D eigenvalue weighted by molar-refractivity contribution is 0.0747. The third-order valence-electron chi connectivity index (χ3n) is 6.25. The Balaban J connectivity index is 1.26. The van der Waals surface area contributed by atoms with Crippen molar-refractivity contribution in [1.82, 2.24) is 14.9 Å². The van der Waals surface area contributed by atoms with Crippen LogP contribution in [0, 0.1) is 0 Å². The summed E-state index contributed by atoms with van der Waals surface area (Å²) in [6.45, 7) is 5.06. The Bertz CT molecular complexity index is 1070. The molecular weight excluding hydrogens is 422 g/mol. The minimum Gasteiger partial charge on any atom is -0.368 e. The largest absolute Gasteiger partial charge is 0.368 e. The zero-order valence-electron chi connectivity index (χ0n) is 18.0. The van der Waals surface area contributed by atoms with Crippen molar-refractivity contribution in [3.8, 4) is 11.3 Å². The van der Waals surface area contributed by atoms with Crippen LogP contribution in [0.25, 0.3) is 11.3 Å². The zero-order valence-corrected chi connectivity index (χ0v) is 18.7. The van der Waals surface area contributed by atoms with Crippen molar-refractivity contribution >= 4 is 29.0 Å². The summed E-state index contributed by atoms with van der Waals surface area (Å²) >= 11 is 5.99. The van der Waals surface area contributed by atoms with E-state index in [1.54, 1.807) is 12.4 Å². The highest BCUT2D eigenvalue weighted by atomic mass is 35.5. The van der Waals surface area contributed by atoms with Gasteiger partial charge >= 0.3 is 0 Å². The van der Waals surface area contributed by atoms with E-state index in [0.717, 1.165) is 54.0 Å². The molecule has 2 fully saturated rings. The van der Waals surface area contributed by atoms with Gasteiger partial charge in [0.15, 0.2) is 5.82 Å². The molecule has 0 radical (unpaired) electrons. The van der Waals surface area contributed by atoms with E-state index in [1.165, 1.54) is 12.8 Å². The maximum Gasteiger partial charge on any atom is 0.253 e. The van der Waals surface area contributed by atoms with Crippen LogP contribution < -0.4 is 9.80 Å². The van der Waals surface area contributed by atoms with E-state index in [-0.39, 0.29) is 5.91 Å². The van der Waals surface area contributed by atoms with Crippen LogP contribution in [0.2, 0.25) is 5.02 Å². The van der Waals surface area contributed by atoms with Crippen LogP contribution in [0.3, 0.4) is 0 Å². The first kappa shape index (κ1) is 20.8. The molecule has 2 aliphatic rings. The molecule has 0 saturated carbocycles. The van der Waals surface area contributed by atoms with E-state index in [0.29, 0.717) is 18.7 Å². The van der Waals surface area contributed by atoms with Crippen LogP contribution in [-0.2, 0) is 0 Å². The first-order chi connectivity index (χ1) is 15.7. The number of nitrogens with zero attached hydrogens (tertiary/aromatic N) is 5. The van der Waals surface area contributed by atoms with E-state index in [4.69, 9.17) is 11.6 Å². The molecule has 7 heteroatoms. The third kappa shape index (κ3) is 4.28. The van der Waals surface area contributed by atoms with Crippen LogP contribution in [-0.4, -0.2) is 60.0 Å². The lowest BCUT2D eigenvalue weighted by atomic mass is 10.1. The molecule has 2 aliphatic heterocycles. The second kappa shape index (κ2) is 9.17. The number of amides is 1. The summed E-state index contributed by atoms with van der Waals surface area (Å²) in [6.07, 6.45) is 5.86. The number of carbonyl (C=O) groups is 1. The van der Waals surface area contributed by atoms with E-state index in [9.17, 15) is 4.79 Å².